The van der Waals surface area contributed by atoms with E-state index in [0.29, 0.717) is 24.7 Å². The van der Waals surface area contributed by atoms with Crippen molar-refractivity contribution in [2.45, 2.75) is 35.7 Å². The average molecular weight is 658 g/mol. The van der Waals surface area contributed by atoms with E-state index in [-0.39, 0.29) is 46.9 Å². The number of piperazine rings is 1. The molecule has 1 aliphatic rings. The number of nitrogens with one attached hydrogen (secondary N) is 2. The second-order valence-corrected chi connectivity index (χ2v) is 12.7. The molecule has 0 radical (unpaired) electrons. The van der Waals surface area contributed by atoms with Crippen molar-refractivity contribution in [3.63, 3.8) is 0 Å². The minimum absolute atomic E-state index is 0.00799. The fourth-order valence-corrected chi connectivity index (χ4v) is 7.12. The molecule has 4 aromatic rings. The molecule has 46 heavy (non-hydrogen) atoms. The molecule has 0 unspecified atom stereocenters. The molecule has 0 aliphatic carbocycles. The Morgan fingerprint density at radius 3 is 2.37 bits per heavy atom. The standard InChI is InChI=1S/C31H31F4N7O3S/c32-20-3-1-18(2-4-20)29(19-11-21(33)13-22(34)12-19)30(37)31(43)41-27-17-39-16-26(35)25(27)7-5-23-14-38-9-10-42(23)46(44,45)24-6-8-28(36)40-15-24/h1-4,6,8,11-13,15-17,23,29-30,38H,5,7,9-10,14,37H2,(H2,36,40)(H,41,43)/t23-,29-,30-/m0/s1. The van der Waals surface area contributed by atoms with E-state index in [4.69, 9.17) is 11.5 Å². The molecule has 1 amide bonds. The predicted molar refractivity (Wildman–Crippen MR) is 163 cm³/mol. The van der Waals surface area contributed by atoms with Crippen LogP contribution >= 0.6 is 0 Å². The molecule has 2 aromatic carbocycles. The quantitative estimate of drug-likeness (QED) is 0.189. The number of hydrogen-bond acceptors (Lipinski definition) is 8. The number of benzene rings is 2. The second kappa shape index (κ2) is 13.9. The zero-order chi connectivity index (χ0) is 33.0. The highest BCUT2D eigenvalue weighted by Gasteiger charge is 2.34. The van der Waals surface area contributed by atoms with Crippen LogP contribution in [-0.4, -0.2) is 60.3 Å². The van der Waals surface area contributed by atoms with Crippen molar-refractivity contribution in [2.24, 2.45) is 5.73 Å². The van der Waals surface area contributed by atoms with E-state index >= 15 is 4.39 Å². The van der Waals surface area contributed by atoms with Crippen LogP contribution in [0.2, 0.25) is 0 Å². The van der Waals surface area contributed by atoms with E-state index in [9.17, 15) is 26.4 Å². The van der Waals surface area contributed by atoms with E-state index in [0.717, 1.165) is 30.5 Å². The summed E-state index contributed by atoms with van der Waals surface area (Å²) in [5.74, 6) is -4.86. The SMILES string of the molecule is Nc1ccc(S(=O)(=O)N2CCNC[C@@H]2CCc2c(F)cncc2NC(=O)[C@@H](N)[C@@H](c2ccc(F)cc2)c2cc(F)cc(F)c2)cn1. The lowest BCUT2D eigenvalue weighted by Gasteiger charge is -2.35. The summed E-state index contributed by atoms with van der Waals surface area (Å²) in [6, 6.07) is 8.41. The molecule has 0 saturated carbocycles. The molecule has 0 bridgehead atoms. The number of nitrogens with two attached hydrogens (primary N) is 2. The molecule has 1 fully saturated rings. The summed E-state index contributed by atoms with van der Waals surface area (Å²) < 4.78 is 85.4. The molecule has 1 aliphatic heterocycles. The number of halogens is 4. The van der Waals surface area contributed by atoms with Crippen molar-refractivity contribution in [2.75, 3.05) is 30.7 Å². The fraction of sp³-hybridized carbons (Fsp3) is 0.258. The highest BCUT2D eigenvalue weighted by atomic mass is 32.2. The topological polar surface area (TPSA) is 156 Å². The maximum absolute atomic E-state index is 15.2. The molecular weight excluding hydrogens is 626 g/mol. The maximum atomic E-state index is 15.2. The lowest BCUT2D eigenvalue weighted by Crippen LogP contribution is -2.53. The summed E-state index contributed by atoms with van der Waals surface area (Å²) in [6.45, 7) is 0.871. The van der Waals surface area contributed by atoms with Gasteiger partial charge >= 0.3 is 0 Å². The van der Waals surface area contributed by atoms with Gasteiger partial charge in [0.2, 0.25) is 15.9 Å². The minimum Gasteiger partial charge on any atom is -0.384 e. The molecule has 1 saturated heterocycles. The number of carbonyl (C=O) groups excluding carboxylic acids is 1. The third-order valence-electron chi connectivity index (χ3n) is 7.79. The van der Waals surface area contributed by atoms with Crippen molar-refractivity contribution >= 4 is 27.4 Å². The summed E-state index contributed by atoms with van der Waals surface area (Å²) in [5.41, 5.74) is 12.4. The van der Waals surface area contributed by atoms with Crippen LogP contribution in [0.15, 0.2) is 78.1 Å². The molecule has 10 nitrogen and oxygen atoms in total. The van der Waals surface area contributed by atoms with E-state index in [2.05, 4.69) is 20.6 Å². The summed E-state index contributed by atoms with van der Waals surface area (Å²) in [7, 11) is -3.95. The van der Waals surface area contributed by atoms with Gasteiger partial charge in [-0.2, -0.15) is 4.31 Å². The van der Waals surface area contributed by atoms with Crippen LogP contribution in [0.4, 0.5) is 29.1 Å². The Labute approximate surface area is 262 Å². The first-order valence-corrected chi connectivity index (χ1v) is 15.7. The minimum atomic E-state index is -3.95. The first-order valence-electron chi connectivity index (χ1n) is 14.3. The Kier molecular flexibility index (Phi) is 9.96. The van der Waals surface area contributed by atoms with Crippen molar-refractivity contribution in [3.8, 4) is 0 Å². The molecule has 5 rings (SSSR count). The first-order chi connectivity index (χ1) is 21.9. The smallest absolute Gasteiger partial charge is 0.244 e. The highest BCUT2D eigenvalue weighted by molar-refractivity contribution is 7.89. The summed E-state index contributed by atoms with van der Waals surface area (Å²) in [5, 5.41) is 5.73. The second-order valence-electron chi connectivity index (χ2n) is 10.8. The lowest BCUT2D eigenvalue weighted by atomic mass is 9.84. The molecule has 3 heterocycles. The van der Waals surface area contributed by atoms with Gasteiger partial charge < -0.3 is 22.1 Å². The van der Waals surface area contributed by atoms with Crippen LogP contribution in [0.1, 0.15) is 29.0 Å². The van der Waals surface area contributed by atoms with Gasteiger partial charge in [-0.15, -0.1) is 0 Å². The van der Waals surface area contributed by atoms with Crippen molar-refractivity contribution in [3.05, 3.63) is 113 Å². The Bertz CT molecular complexity index is 1790. The number of anilines is 2. The van der Waals surface area contributed by atoms with Gasteiger partial charge in [0.05, 0.1) is 24.1 Å². The summed E-state index contributed by atoms with van der Waals surface area (Å²) in [6.07, 6.45) is 3.56. The summed E-state index contributed by atoms with van der Waals surface area (Å²) >= 11 is 0. The number of nitrogens with zero attached hydrogens (tertiary/aromatic N) is 3. The van der Waals surface area contributed by atoms with Crippen molar-refractivity contribution < 1.29 is 30.8 Å². The van der Waals surface area contributed by atoms with Crippen molar-refractivity contribution in [1.29, 1.82) is 0 Å². The molecule has 15 heteroatoms. The molecular formula is C31H31F4N7O3S. The number of rotatable bonds is 10. The fourth-order valence-electron chi connectivity index (χ4n) is 5.52. The number of carbonyl (C=O) groups is 1. The van der Waals surface area contributed by atoms with Gasteiger partial charge in [0.1, 0.15) is 34.0 Å². The van der Waals surface area contributed by atoms with Crippen LogP contribution < -0.4 is 22.1 Å². The predicted octanol–water partition coefficient (Wildman–Crippen LogP) is 3.31. The number of sulfonamides is 1. The van der Waals surface area contributed by atoms with Crippen LogP contribution in [0, 0.1) is 23.3 Å². The number of pyridine rings is 2. The number of nitrogen functional groups attached to an aromatic ring is 1. The lowest BCUT2D eigenvalue weighted by molar-refractivity contribution is -0.117. The van der Waals surface area contributed by atoms with Gasteiger partial charge in [-0.05, 0) is 60.4 Å². The van der Waals surface area contributed by atoms with Crippen LogP contribution in [0.25, 0.3) is 0 Å². The average Bonchev–Trinajstić information content (AvgIpc) is 3.01. The van der Waals surface area contributed by atoms with Gasteiger partial charge in [-0.25, -0.2) is 31.0 Å². The van der Waals surface area contributed by atoms with Gasteiger partial charge in [0, 0.05) is 49.4 Å². The van der Waals surface area contributed by atoms with Gasteiger partial charge in [0.25, 0.3) is 0 Å². The highest BCUT2D eigenvalue weighted by Crippen LogP contribution is 2.31. The number of hydrogen-bond donors (Lipinski definition) is 4. The Hall–Kier alpha value is -4.44. The molecule has 2 aromatic heterocycles. The number of amides is 1. The van der Waals surface area contributed by atoms with E-state index in [1.54, 1.807) is 0 Å². The first kappa shape index (κ1) is 32.9. The Morgan fingerprint density at radius 1 is 0.978 bits per heavy atom. The Balaban J connectivity index is 1.38. The van der Waals surface area contributed by atoms with E-state index in [1.165, 1.54) is 41.0 Å². The maximum Gasteiger partial charge on any atom is 0.244 e. The Morgan fingerprint density at radius 2 is 1.70 bits per heavy atom. The zero-order valence-electron chi connectivity index (χ0n) is 24.3. The third-order valence-corrected chi connectivity index (χ3v) is 9.72. The van der Waals surface area contributed by atoms with Crippen LogP contribution in [0.3, 0.4) is 0 Å². The van der Waals surface area contributed by atoms with Crippen molar-refractivity contribution in [1.82, 2.24) is 19.6 Å². The summed E-state index contributed by atoms with van der Waals surface area (Å²) in [4.78, 5) is 21.2. The third kappa shape index (κ3) is 7.33. The molecule has 242 valence electrons. The van der Waals surface area contributed by atoms with Crippen LogP contribution in [0.5, 0.6) is 0 Å². The van der Waals surface area contributed by atoms with Gasteiger partial charge in [0.15, 0.2) is 0 Å². The monoisotopic (exact) mass is 657 g/mol. The van der Waals surface area contributed by atoms with E-state index in [1.807, 2.05) is 0 Å². The largest absolute Gasteiger partial charge is 0.384 e. The number of aromatic nitrogens is 2. The van der Waals surface area contributed by atoms with E-state index < -0.39 is 57.2 Å². The normalized spacial score (nSPS) is 16.9. The van der Waals surface area contributed by atoms with Gasteiger partial charge in [-0.1, -0.05) is 12.1 Å². The van der Waals surface area contributed by atoms with Gasteiger partial charge in [-0.3, -0.25) is 9.78 Å². The van der Waals surface area contributed by atoms with Crippen LogP contribution in [-0.2, 0) is 21.2 Å². The molecule has 6 N–H and O–H groups in total. The molecule has 0 spiro atoms. The zero-order valence-corrected chi connectivity index (χ0v) is 25.2. The molecule has 3 atom stereocenters.